The van der Waals surface area contributed by atoms with Crippen LogP contribution in [0.1, 0.15) is 21.5 Å². The first-order chi connectivity index (χ1) is 10.7. The molecule has 1 fully saturated rings. The molecule has 3 rings (SSSR count). The predicted octanol–water partition coefficient (Wildman–Crippen LogP) is 2.67. The van der Waals surface area contributed by atoms with Gasteiger partial charge in [0.25, 0.3) is 0 Å². The molecule has 0 atom stereocenters. The Morgan fingerprint density at radius 1 is 0.864 bits per heavy atom. The third kappa shape index (κ3) is 3.62. The molecule has 2 aromatic rings. The van der Waals surface area contributed by atoms with Gasteiger partial charge in [-0.3, -0.25) is 9.69 Å². The molecule has 0 aromatic heterocycles. The summed E-state index contributed by atoms with van der Waals surface area (Å²) < 4.78 is 0. The topological polar surface area (TPSA) is 23.6 Å². The fraction of sp³-hybridized carbons (Fsp3) is 0.316. The van der Waals surface area contributed by atoms with Crippen LogP contribution >= 0.6 is 0 Å². The van der Waals surface area contributed by atoms with Gasteiger partial charge in [0, 0.05) is 43.9 Å². The van der Waals surface area contributed by atoms with Gasteiger partial charge >= 0.3 is 0 Å². The Balaban J connectivity index is 1.64. The molecule has 2 aromatic carbocycles. The van der Waals surface area contributed by atoms with E-state index < -0.39 is 0 Å². The molecule has 1 heterocycles. The van der Waals surface area contributed by atoms with E-state index >= 15 is 0 Å². The maximum atomic E-state index is 12.4. The van der Waals surface area contributed by atoms with Gasteiger partial charge < -0.3 is 4.90 Å². The number of likely N-dealkylation sites (N-methyl/N-ethyl adjacent to an activating group) is 1. The lowest BCUT2D eigenvalue weighted by Gasteiger charge is -2.32. The predicted molar refractivity (Wildman–Crippen MR) is 89.1 cm³/mol. The summed E-state index contributed by atoms with van der Waals surface area (Å²) in [5, 5.41) is 0. The third-order valence-electron chi connectivity index (χ3n) is 4.25. The quantitative estimate of drug-likeness (QED) is 0.810. The smallest absolute Gasteiger partial charge is 0.193 e. The number of benzene rings is 2. The van der Waals surface area contributed by atoms with E-state index in [9.17, 15) is 4.79 Å². The molecule has 0 N–H and O–H groups in total. The first-order valence-electron chi connectivity index (χ1n) is 7.82. The molecule has 0 bridgehead atoms. The second-order valence-corrected chi connectivity index (χ2v) is 5.97. The van der Waals surface area contributed by atoms with Crippen LogP contribution in [0.15, 0.2) is 54.6 Å². The zero-order valence-electron chi connectivity index (χ0n) is 13.0. The SMILES string of the molecule is CN1CCN(Cc2ccc(C(=O)c3ccccc3)cc2)CC1. The second-order valence-electron chi connectivity index (χ2n) is 5.97. The first-order valence-corrected chi connectivity index (χ1v) is 7.82. The highest BCUT2D eigenvalue weighted by molar-refractivity contribution is 6.08. The minimum Gasteiger partial charge on any atom is -0.304 e. The van der Waals surface area contributed by atoms with Crippen molar-refractivity contribution >= 4 is 5.78 Å². The Kier molecular flexibility index (Phi) is 4.66. The molecular weight excluding hydrogens is 272 g/mol. The number of rotatable bonds is 4. The van der Waals surface area contributed by atoms with Crippen molar-refractivity contribution < 1.29 is 4.79 Å². The molecule has 0 unspecified atom stereocenters. The van der Waals surface area contributed by atoms with E-state index in [1.165, 1.54) is 5.56 Å². The maximum absolute atomic E-state index is 12.4. The standard InChI is InChI=1S/C19H22N2O/c1-20-11-13-21(14-12-20)15-16-7-9-18(10-8-16)19(22)17-5-3-2-4-6-17/h2-10H,11-15H2,1H3. The minimum absolute atomic E-state index is 0.0896. The fourth-order valence-corrected chi connectivity index (χ4v) is 2.78. The summed E-state index contributed by atoms with van der Waals surface area (Å²) in [4.78, 5) is 17.2. The second kappa shape index (κ2) is 6.86. The molecule has 0 amide bonds. The highest BCUT2D eigenvalue weighted by Crippen LogP contribution is 2.13. The van der Waals surface area contributed by atoms with Gasteiger partial charge in [0.15, 0.2) is 5.78 Å². The Morgan fingerprint density at radius 3 is 2.09 bits per heavy atom. The monoisotopic (exact) mass is 294 g/mol. The zero-order valence-corrected chi connectivity index (χ0v) is 13.0. The maximum Gasteiger partial charge on any atom is 0.193 e. The van der Waals surface area contributed by atoms with E-state index in [4.69, 9.17) is 0 Å². The molecule has 1 aliphatic heterocycles. The molecule has 0 radical (unpaired) electrons. The van der Waals surface area contributed by atoms with Gasteiger partial charge in [-0.25, -0.2) is 0 Å². The average Bonchev–Trinajstić information content (AvgIpc) is 2.58. The molecule has 114 valence electrons. The van der Waals surface area contributed by atoms with Gasteiger partial charge in [-0.05, 0) is 12.6 Å². The van der Waals surface area contributed by atoms with Gasteiger partial charge in [-0.15, -0.1) is 0 Å². The van der Waals surface area contributed by atoms with E-state index in [0.29, 0.717) is 0 Å². The normalized spacial score (nSPS) is 16.6. The minimum atomic E-state index is 0.0896. The lowest BCUT2D eigenvalue weighted by atomic mass is 10.0. The Morgan fingerprint density at radius 2 is 1.45 bits per heavy atom. The van der Waals surface area contributed by atoms with Crippen LogP contribution in [0.25, 0.3) is 0 Å². The molecular formula is C19H22N2O. The summed E-state index contributed by atoms with van der Waals surface area (Å²) >= 11 is 0. The Labute approximate surface area is 132 Å². The van der Waals surface area contributed by atoms with Gasteiger partial charge in [0.05, 0.1) is 0 Å². The molecule has 3 nitrogen and oxygen atoms in total. The van der Waals surface area contributed by atoms with Gasteiger partial charge in [-0.2, -0.15) is 0 Å². The first kappa shape index (κ1) is 14.9. The van der Waals surface area contributed by atoms with Crippen LogP contribution in [0.2, 0.25) is 0 Å². The summed E-state index contributed by atoms with van der Waals surface area (Å²) in [5.74, 6) is 0.0896. The number of nitrogens with zero attached hydrogens (tertiary/aromatic N) is 2. The molecule has 0 saturated carbocycles. The van der Waals surface area contributed by atoms with Crippen LogP contribution < -0.4 is 0 Å². The molecule has 1 aliphatic rings. The third-order valence-corrected chi connectivity index (χ3v) is 4.25. The van der Waals surface area contributed by atoms with Crippen LogP contribution in [-0.4, -0.2) is 48.8 Å². The van der Waals surface area contributed by atoms with Gasteiger partial charge in [0.2, 0.25) is 0 Å². The van der Waals surface area contributed by atoms with Crippen molar-refractivity contribution in [2.45, 2.75) is 6.54 Å². The Hall–Kier alpha value is -1.97. The van der Waals surface area contributed by atoms with Crippen LogP contribution in [0.4, 0.5) is 0 Å². The van der Waals surface area contributed by atoms with E-state index in [1.807, 2.05) is 42.5 Å². The average molecular weight is 294 g/mol. The lowest BCUT2D eigenvalue weighted by Crippen LogP contribution is -2.43. The van der Waals surface area contributed by atoms with Crippen molar-refractivity contribution in [1.29, 1.82) is 0 Å². The van der Waals surface area contributed by atoms with Gasteiger partial charge in [0.1, 0.15) is 0 Å². The van der Waals surface area contributed by atoms with Crippen molar-refractivity contribution in [1.82, 2.24) is 9.80 Å². The number of carbonyl (C=O) groups excluding carboxylic acids is 1. The molecule has 1 saturated heterocycles. The zero-order chi connectivity index (χ0) is 15.4. The summed E-state index contributed by atoms with van der Waals surface area (Å²) in [5.41, 5.74) is 2.77. The van der Waals surface area contributed by atoms with Crippen LogP contribution in [0.3, 0.4) is 0 Å². The summed E-state index contributed by atoms with van der Waals surface area (Å²) in [6, 6.07) is 17.5. The number of hydrogen-bond donors (Lipinski definition) is 0. The van der Waals surface area contributed by atoms with E-state index in [0.717, 1.165) is 43.9 Å². The Bertz CT molecular complexity index is 614. The molecule has 0 aliphatic carbocycles. The largest absolute Gasteiger partial charge is 0.304 e. The summed E-state index contributed by atoms with van der Waals surface area (Å²) in [7, 11) is 2.17. The van der Waals surface area contributed by atoms with Crippen molar-refractivity contribution in [2.75, 3.05) is 33.2 Å². The van der Waals surface area contributed by atoms with Crippen molar-refractivity contribution in [3.8, 4) is 0 Å². The fourth-order valence-electron chi connectivity index (χ4n) is 2.78. The molecule has 3 heteroatoms. The number of piperazine rings is 1. The van der Waals surface area contributed by atoms with Crippen molar-refractivity contribution in [3.63, 3.8) is 0 Å². The molecule has 22 heavy (non-hydrogen) atoms. The highest BCUT2D eigenvalue weighted by Gasteiger charge is 2.14. The van der Waals surface area contributed by atoms with Crippen LogP contribution in [-0.2, 0) is 6.54 Å². The van der Waals surface area contributed by atoms with Crippen molar-refractivity contribution in [2.24, 2.45) is 0 Å². The number of carbonyl (C=O) groups is 1. The van der Waals surface area contributed by atoms with Crippen LogP contribution in [0.5, 0.6) is 0 Å². The number of hydrogen-bond acceptors (Lipinski definition) is 3. The summed E-state index contributed by atoms with van der Waals surface area (Å²) in [6.45, 7) is 5.45. The van der Waals surface area contributed by atoms with E-state index in [-0.39, 0.29) is 5.78 Å². The lowest BCUT2D eigenvalue weighted by molar-refractivity contribution is 0.103. The van der Waals surface area contributed by atoms with E-state index in [2.05, 4.69) is 29.0 Å². The van der Waals surface area contributed by atoms with E-state index in [1.54, 1.807) is 0 Å². The van der Waals surface area contributed by atoms with Crippen LogP contribution in [0, 0.1) is 0 Å². The number of ketones is 1. The molecule has 0 spiro atoms. The van der Waals surface area contributed by atoms with Crippen molar-refractivity contribution in [3.05, 3.63) is 71.3 Å². The summed E-state index contributed by atoms with van der Waals surface area (Å²) in [6.07, 6.45) is 0. The highest BCUT2D eigenvalue weighted by atomic mass is 16.1. The van der Waals surface area contributed by atoms with Gasteiger partial charge in [-0.1, -0.05) is 54.6 Å².